The van der Waals surface area contributed by atoms with Crippen LogP contribution >= 0.6 is 25.3 Å². The van der Waals surface area contributed by atoms with Gasteiger partial charge in [-0.15, -0.1) is 0 Å². The Morgan fingerprint density at radius 1 is 0.846 bits per heavy atom. The van der Waals surface area contributed by atoms with Crippen LogP contribution in [0.5, 0.6) is 0 Å². The van der Waals surface area contributed by atoms with E-state index in [-0.39, 0.29) is 47.7 Å². The third-order valence-corrected chi connectivity index (χ3v) is 4.75. The fourth-order valence-corrected chi connectivity index (χ4v) is 2.80. The van der Waals surface area contributed by atoms with Crippen molar-refractivity contribution in [3.63, 3.8) is 0 Å². The minimum atomic E-state index is -4.48. The van der Waals surface area contributed by atoms with Gasteiger partial charge in [0.1, 0.15) is 0 Å². The Morgan fingerprint density at radius 3 is 1.50 bits per heavy atom. The van der Waals surface area contributed by atoms with E-state index in [1.165, 1.54) is 44.9 Å². The zero-order valence-corrected chi connectivity index (χ0v) is 20.8. The van der Waals surface area contributed by atoms with E-state index in [2.05, 4.69) is 36.4 Å². The van der Waals surface area contributed by atoms with E-state index < -0.39 is 22.6 Å². The number of thiol groups is 2. The molecule has 26 heavy (non-hydrogen) atoms. The molecule has 0 fully saturated rings. The van der Waals surface area contributed by atoms with Crippen molar-refractivity contribution in [1.82, 2.24) is 0 Å². The molecule has 0 aliphatic heterocycles. The van der Waals surface area contributed by atoms with Crippen molar-refractivity contribution >= 4 is 35.7 Å². The first-order valence-electron chi connectivity index (χ1n) is 8.96. The Kier molecular flexibility index (Phi) is 28.2. The minimum Gasteiger partial charge on any atom is -0.726 e. The molecule has 10 heteroatoms. The van der Waals surface area contributed by atoms with Crippen LogP contribution < -0.4 is 29.6 Å². The van der Waals surface area contributed by atoms with Crippen molar-refractivity contribution < 1.29 is 56.9 Å². The first kappa shape index (κ1) is 32.2. The maximum Gasteiger partial charge on any atom is 1.00 e. The summed E-state index contributed by atoms with van der Waals surface area (Å²) in [4.78, 5) is 0. The van der Waals surface area contributed by atoms with Crippen LogP contribution in [-0.2, 0) is 14.6 Å². The second-order valence-corrected chi connectivity index (χ2v) is 7.69. The topological polar surface area (TPSA) is 107 Å². The number of aliphatic hydroxyl groups is 2. The maximum absolute atomic E-state index is 10.1. The van der Waals surface area contributed by atoms with Crippen LogP contribution in [0.1, 0.15) is 71.1 Å². The number of hydrogen-bond acceptors (Lipinski definition) is 8. The molecule has 154 valence electrons. The summed E-state index contributed by atoms with van der Waals surface area (Å²) in [5, 5.41) is 17.5. The monoisotopic (exact) mass is 442 g/mol. The predicted octanol–water partition coefficient (Wildman–Crippen LogP) is -0.0441. The molecular weight excluding hydrogens is 407 g/mol. The van der Waals surface area contributed by atoms with Gasteiger partial charge in [0.25, 0.3) is 0 Å². The van der Waals surface area contributed by atoms with E-state index in [9.17, 15) is 13.0 Å². The van der Waals surface area contributed by atoms with E-state index >= 15 is 0 Å². The standard InChI is InChI=1S/C12H26O4S.C4H10O2S2.Na/c1-2-3-4-5-6-7-8-9-10-11-12-16-17(13,14)15;5-3(1-7)4(6)2-8;/h2-12H2,1H3,(H,13,14,15);3-8H,1-2H2;/q;;+1/p-1. The summed E-state index contributed by atoms with van der Waals surface area (Å²) in [6.45, 7) is 2.24. The first-order chi connectivity index (χ1) is 11.8. The molecule has 0 bridgehead atoms. The number of rotatable bonds is 15. The van der Waals surface area contributed by atoms with Crippen LogP contribution in [0.15, 0.2) is 0 Å². The average Bonchev–Trinajstić information content (AvgIpc) is 2.57. The average molecular weight is 443 g/mol. The molecule has 0 saturated heterocycles. The van der Waals surface area contributed by atoms with Gasteiger partial charge in [0.05, 0.1) is 18.8 Å². The van der Waals surface area contributed by atoms with Crippen molar-refractivity contribution in [3.05, 3.63) is 0 Å². The molecule has 0 aromatic rings. The van der Waals surface area contributed by atoms with Crippen LogP contribution in [0.25, 0.3) is 0 Å². The van der Waals surface area contributed by atoms with Crippen molar-refractivity contribution in [2.75, 3.05) is 18.1 Å². The normalized spacial score (nSPS) is 13.3. The van der Waals surface area contributed by atoms with E-state index in [0.717, 1.165) is 12.8 Å². The summed E-state index contributed by atoms with van der Waals surface area (Å²) in [5.74, 6) is 0.559. The van der Waals surface area contributed by atoms with Crippen LogP contribution in [0, 0.1) is 0 Å². The second kappa shape index (κ2) is 22.8. The van der Waals surface area contributed by atoms with E-state index in [1.807, 2.05) is 0 Å². The van der Waals surface area contributed by atoms with Gasteiger partial charge < -0.3 is 14.8 Å². The molecule has 2 N–H and O–H groups in total. The van der Waals surface area contributed by atoms with Gasteiger partial charge in [-0.05, 0) is 6.42 Å². The van der Waals surface area contributed by atoms with Crippen LogP contribution in [0.2, 0.25) is 0 Å². The van der Waals surface area contributed by atoms with E-state index in [0.29, 0.717) is 6.42 Å². The molecule has 6 nitrogen and oxygen atoms in total. The molecule has 0 radical (unpaired) electrons. The molecule has 0 aliphatic carbocycles. The Bertz CT molecular complexity index is 363. The van der Waals surface area contributed by atoms with Gasteiger partial charge in [0.15, 0.2) is 0 Å². The summed E-state index contributed by atoms with van der Waals surface area (Å²) in [6.07, 6.45) is 10.2. The van der Waals surface area contributed by atoms with Gasteiger partial charge in [0.2, 0.25) is 10.4 Å². The Morgan fingerprint density at radius 2 is 1.19 bits per heavy atom. The van der Waals surface area contributed by atoms with Crippen LogP contribution in [0.3, 0.4) is 0 Å². The zero-order chi connectivity index (χ0) is 19.6. The molecular formula is C16H35NaO6S3. The molecule has 2 unspecified atom stereocenters. The van der Waals surface area contributed by atoms with Crippen molar-refractivity contribution in [3.8, 4) is 0 Å². The number of unbranched alkanes of at least 4 members (excludes halogenated alkanes) is 9. The molecule has 0 saturated carbocycles. The van der Waals surface area contributed by atoms with Gasteiger partial charge in [-0.25, -0.2) is 8.42 Å². The third-order valence-electron chi connectivity index (χ3n) is 3.54. The van der Waals surface area contributed by atoms with Gasteiger partial charge in [-0.1, -0.05) is 64.7 Å². The Balaban J connectivity index is -0.000000498. The summed E-state index contributed by atoms with van der Waals surface area (Å²) in [5.41, 5.74) is 0. The van der Waals surface area contributed by atoms with Gasteiger partial charge in [-0.3, -0.25) is 4.18 Å². The third kappa shape index (κ3) is 27.7. The summed E-state index contributed by atoms with van der Waals surface area (Å²) >= 11 is 7.53. The van der Waals surface area contributed by atoms with Crippen LogP contribution in [0.4, 0.5) is 0 Å². The molecule has 0 spiro atoms. The van der Waals surface area contributed by atoms with E-state index in [1.54, 1.807) is 0 Å². The molecule has 2 atom stereocenters. The predicted molar refractivity (Wildman–Crippen MR) is 107 cm³/mol. The zero-order valence-electron chi connectivity index (χ0n) is 16.2. The van der Waals surface area contributed by atoms with Gasteiger partial charge >= 0.3 is 29.6 Å². The van der Waals surface area contributed by atoms with Crippen molar-refractivity contribution in [2.45, 2.75) is 83.3 Å². The largest absolute Gasteiger partial charge is 1.00 e. The summed E-state index contributed by atoms with van der Waals surface area (Å²) in [7, 11) is -4.48. The quantitative estimate of drug-likeness (QED) is 0.0932. The second-order valence-electron chi connectivity index (χ2n) is 5.91. The number of hydrogen-bond donors (Lipinski definition) is 4. The minimum absolute atomic E-state index is 0. The summed E-state index contributed by atoms with van der Waals surface area (Å²) in [6, 6.07) is 0. The Labute approximate surface area is 192 Å². The molecule has 0 amide bonds. The SMILES string of the molecule is CCCCCCCCCCCCOS(=O)(=O)[O-].OC(CS)C(O)CS.[Na+]. The fourth-order valence-electron chi connectivity index (χ4n) is 1.99. The van der Waals surface area contributed by atoms with Crippen LogP contribution in [-0.4, -0.2) is 53.5 Å². The van der Waals surface area contributed by atoms with E-state index in [4.69, 9.17) is 10.2 Å². The smallest absolute Gasteiger partial charge is 0.726 e. The molecule has 0 heterocycles. The Hall–Kier alpha value is 1.49. The molecule has 0 aliphatic rings. The van der Waals surface area contributed by atoms with Crippen molar-refractivity contribution in [1.29, 1.82) is 0 Å². The maximum atomic E-state index is 10.1. The molecule has 0 rings (SSSR count). The molecule has 0 aromatic carbocycles. The molecule has 0 aromatic heterocycles. The first-order valence-corrected chi connectivity index (χ1v) is 11.6. The number of aliphatic hydroxyl groups excluding tert-OH is 2. The fraction of sp³-hybridized carbons (Fsp3) is 1.00. The van der Waals surface area contributed by atoms with Gasteiger partial charge in [0, 0.05) is 11.5 Å². The van der Waals surface area contributed by atoms with Gasteiger partial charge in [-0.2, -0.15) is 25.3 Å². The van der Waals surface area contributed by atoms with Crippen molar-refractivity contribution in [2.24, 2.45) is 0 Å². The summed E-state index contributed by atoms with van der Waals surface area (Å²) < 4.78 is 34.5.